The van der Waals surface area contributed by atoms with E-state index in [0.29, 0.717) is 26.9 Å². The molecule has 2 heterocycles. The molecule has 2 aromatic carbocycles. The minimum Gasteiger partial charge on any atom is -0.497 e. The number of amides is 1. The van der Waals surface area contributed by atoms with Gasteiger partial charge in [-0.25, -0.2) is 0 Å². The van der Waals surface area contributed by atoms with Gasteiger partial charge in [0, 0.05) is 10.6 Å². The van der Waals surface area contributed by atoms with Gasteiger partial charge in [-0.3, -0.25) is 19.3 Å². The molecule has 0 N–H and O–H groups in total. The first-order valence-electron chi connectivity index (χ1n) is 9.02. The highest BCUT2D eigenvalue weighted by atomic mass is 35.5. The van der Waals surface area contributed by atoms with Crippen LogP contribution in [0.15, 0.2) is 48.5 Å². The number of benzene rings is 2. The minimum atomic E-state index is -1.21. The van der Waals surface area contributed by atoms with Gasteiger partial charge in [0.05, 0.1) is 13.2 Å². The standard InChI is InChI=1S/C21H16ClN3O4S/c1-11-23-24-21(30-11)25-17(12-3-7-14(22)8-4-12)16(19(27)20(25)28)18(26)13-5-9-15(29-2)10-6-13/h3-10,16-17H,1-2H3. The molecule has 7 nitrogen and oxygen atoms in total. The van der Waals surface area contributed by atoms with E-state index in [2.05, 4.69) is 10.2 Å². The number of ketones is 2. The van der Waals surface area contributed by atoms with Gasteiger partial charge < -0.3 is 4.74 Å². The van der Waals surface area contributed by atoms with E-state index in [9.17, 15) is 14.4 Å². The number of nitrogens with zero attached hydrogens (tertiary/aromatic N) is 3. The highest BCUT2D eigenvalue weighted by molar-refractivity contribution is 7.15. The molecule has 0 bridgehead atoms. The number of hydrogen-bond donors (Lipinski definition) is 0. The number of anilines is 1. The summed E-state index contributed by atoms with van der Waals surface area (Å²) in [4.78, 5) is 40.5. The third kappa shape index (κ3) is 3.48. The predicted octanol–water partition coefficient (Wildman–Crippen LogP) is 3.66. The second-order valence-corrected chi connectivity index (χ2v) is 8.31. The van der Waals surface area contributed by atoms with Crippen LogP contribution in [-0.4, -0.2) is 34.8 Å². The molecule has 1 saturated heterocycles. The molecule has 0 saturated carbocycles. The summed E-state index contributed by atoms with van der Waals surface area (Å²) in [5.74, 6) is -2.63. The van der Waals surface area contributed by atoms with Gasteiger partial charge in [-0.1, -0.05) is 35.1 Å². The van der Waals surface area contributed by atoms with Crippen LogP contribution in [0, 0.1) is 12.8 Å². The Labute approximate surface area is 181 Å². The topological polar surface area (TPSA) is 89.5 Å². The smallest absolute Gasteiger partial charge is 0.297 e. The highest BCUT2D eigenvalue weighted by Gasteiger charge is 2.53. The molecule has 4 rings (SSSR count). The first-order chi connectivity index (χ1) is 14.4. The van der Waals surface area contributed by atoms with Crippen LogP contribution in [0.25, 0.3) is 0 Å². The third-order valence-electron chi connectivity index (χ3n) is 4.90. The molecule has 3 aromatic rings. The zero-order chi connectivity index (χ0) is 21.4. The first-order valence-corrected chi connectivity index (χ1v) is 10.2. The third-order valence-corrected chi connectivity index (χ3v) is 5.99. The number of Topliss-reactive ketones (excluding diaryl/α,β-unsaturated/α-hetero) is 2. The molecule has 30 heavy (non-hydrogen) atoms. The van der Waals surface area contributed by atoms with Crippen LogP contribution < -0.4 is 9.64 Å². The molecule has 0 radical (unpaired) electrons. The maximum absolute atomic E-state index is 13.3. The van der Waals surface area contributed by atoms with Gasteiger partial charge in [0.25, 0.3) is 5.91 Å². The molecular weight excluding hydrogens is 426 g/mol. The lowest BCUT2D eigenvalue weighted by Crippen LogP contribution is -2.30. The number of hydrogen-bond acceptors (Lipinski definition) is 7. The lowest BCUT2D eigenvalue weighted by molar-refractivity contribution is -0.135. The van der Waals surface area contributed by atoms with Gasteiger partial charge in [-0.15, -0.1) is 10.2 Å². The Morgan fingerprint density at radius 2 is 1.73 bits per heavy atom. The zero-order valence-corrected chi connectivity index (χ0v) is 17.6. The van der Waals surface area contributed by atoms with Crippen molar-refractivity contribution in [1.82, 2.24) is 10.2 Å². The quantitative estimate of drug-likeness (QED) is 0.341. The summed E-state index contributed by atoms with van der Waals surface area (Å²) < 4.78 is 5.12. The second kappa shape index (κ2) is 7.97. The molecule has 0 aliphatic carbocycles. The first kappa shape index (κ1) is 20.2. The Bertz CT molecular complexity index is 1130. The fourth-order valence-corrected chi connectivity index (χ4v) is 4.31. The molecule has 152 valence electrons. The molecule has 9 heteroatoms. The Balaban J connectivity index is 1.81. The average Bonchev–Trinajstić information content (AvgIpc) is 3.29. The van der Waals surface area contributed by atoms with E-state index in [0.717, 1.165) is 0 Å². The van der Waals surface area contributed by atoms with Crippen molar-refractivity contribution in [3.8, 4) is 5.75 Å². The number of methoxy groups -OCH3 is 1. The molecule has 1 aliphatic rings. The van der Waals surface area contributed by atoms with Gasteiger partial charge in [0.15, 0.2) is 5.78 Å². The van der Waals surface area contributed by atoms with E-state index in [-0.39, 0.29) is 5.13 Å². The summed E-state index contributed by atoms with van der Waals surface area (Å²) in [5, 5.41) is 9.41. The van der Waals surface area contributed by atoms with Crippen LogP contribution in [0.4, 0.5) is 5.13 Å². The van der Waals surface area contributed by atoms with Crippen LogP contribution in [0.1, 0.15) is 27.0 Å². The summed E-state index contributed by atoms with van der Waals surface area (Å²) in [7, 11) is 1.52. The maximum atomic E-state index is 13.3. The summed E-state index contributed by atoms with van der Waals surface area (Å²) in [6, 6.07) is 12.3. The lowest BCUT2D eigenvalue weighted by atomic mass is 9.86. The van der Waals surface area contributed by atoms with Crippen LogP contribution in [0.3, 0.4) is 0 Å². The van der Waals surface area contributed by atoms with Crippen molar-refractivity contribution in [1.29, 1.82) is 0 Å². The van der Waals surface area contributed by atoms with Gasteiger partial charge in [0.2, 0.25) is 10.9 Å². The SMILES string of the molecule is COc1ccc(C(=O)C2C(=O)C(=O)N(c3nnc(C)s3)C2c2ccc(Cl)cc2)cc1. The molecule has 1 fully saturated rings. The largest absolute Gasteiger partial charge is 0.497 e. The van der Waals surface area contributed by atoms with Crippen molar-refractivity contribution in [2.45, 2.75) is 13.0 Å². The van der Waals surface area contributed by atoms with E-state index >= 15 is 0 Å². The Morgan fingerprint density at radius 3 is 2.30 bits per heavy atom. The van der Waals surface area contributed by atoms with Gasteiger partial charge in [-0.2, -0.15) is 0 Å². The van der Waals surface area contributed by atoms with Crippen LogP contribution in [0.2, 0.25) is 5.02 Å². The number of aryl methyl sites for hydroxylation is 1. The van der Waals surface area contributed by atoms with Crippen molar-refractivity contribution in [3.05, 3.63) is 69.7 Å². The van der Waals surface area contributed by atoms with E-state index in [4.69, 9.17) is 16.3 Å². The molecule has 1 amide bonds. The van der Waals surface area contributed by atoms with Crippen molar-refractivity contribution in [2.24, 2.45) is 5.92 Å². The van der Waals surface area contributed by atoms with Crippen molar-refractivity contribution >= 4 is 45.5 Å². The fourth-order valence-electron chi connectivity index (χ4n) is 3.46. The molecule has 1 aliphatic heterocycles. The molecular formula is C21H16ClN3O4S. The van der Waals surface area contributed by atoms with Gasteiger partial charge in [-0.05, 0) is 48.9 Å². The summed E-state index contributed by atoms with van der Waals surface area (Å²) in [6.45, 7) is 1.75. The van der Waals surface area contributed by atoms with Crippen LogP contribution in [-0.2, 0) is 9.59 Å². The number of ether oxygens (including phenoxy) is 1. The number of aromatic nitrogens is 2. The van der Waals surface area contributed by atoms with E-state index in [1.54, 1.807) is 55.5 Å². The Morgan fingerprint density at radius 1 is 1.07 bits per heavy atom. The second-order valence-electron chi connectivity index (χ2n) is 6.71. The monoisotopic (exact) mass is 441 g/mol. The molecule has 1 aromatic heterocycles. The summed E-state index contributed by atoms with van der Waals surface area (Å²) in [6.07, 6.45) is 0. The van der Waals surface area contributed by atoms with Crippen molar-refractivity contribution in [3.63, 3.8) is 0 Å². The lowest BCUT2D eigenvalue weighted by Gasteiger charge is -2.24. The fraction of sp³-hybridized carbons (Fsp3) is 0.190. The normalized spacial score (nSPS) is 18.7. The molecule has 0 spiro atoms. The highest BCUT2D eigenvalue weighted by Crippen LogP contribution is 2.42. The Hall–Kier alpha value is -3.10. The van der Waals surface area contributed by atoms with Crippen molar-refractivity contribution in [2.75, 3.05) is 12.0 Å². The van der Waals surface area contributed by atoms with Crippen LogP contribution in [0.5, 0.6) is 5.75 Å². The van der Waals surface area contributed by atoms with Crippen LogP contribution >= 0.6 is 22.9 Å². The van der Waals surface area contributed by atoms with Crippen molar-refractivity contribution < 1.29 is 19.1 Å². The average molecular weight is 442 g/mol. The van der Waals surface area contributed by atoms with E-state index in [1.165, 1.54) is 23.3 Å². The molecule has 2 unspecified atom stereocenters. The predicted molar refractivity (Wildman–Crippen MR) is 112 cm³/mol. The maximum Gasteiger partial charge on any atom is 0.297 e. The minimum absolute atomic E-state index is 0.274. The zero-order valence-electron chi connectivity index (χ0n) is 16.0. The number of carbonyl (C=O) groups excluding carboxylic acids is 3. The number of carbonyl (C=O) groups is 3. The van der Waals surface area contributed by atoms with Gasteiger partial charge >= 0.3 is 0 Å². The Kier molecular flexibility index (Phi) is 5.36. The summed E-state index contributed by atoms with van der Waals surface area (Å²) >= 11 is 7.19. The van der Waals surface area contributed by atoms with E-state index in [1.807, 2.05) is 0 Å². The molecule has 2 atom stereocenters. The summed E-state index contributed by atoms with van der Waals surface area (Å²) in [5.41, 5.74) is 0.925. The van der Waals surface area contributed by atoms with Gasteiger partial charge in [0.1, 0.15) is 16.7 Å². The number of halogens is 1. The number of rotatable bonds is 5. The van der Waals surface area contributed by atoms with E-state index < -0.39 is 29.4 Å².